The summed E-state index contributed by atoms with van der Waals surface area (Å²) >= 11 is 0. The van der Waals surface area contributed by atoms with Crippen LogP contribution >= 0.6 is 0 Å². The van der Waals surface area contributed by atoms with E-state index in [1.807, 2.05) is 20.0 Å². The van der Waals surface area contributed by atoms with Crippen molar-refractivity contribution in [2.45, 2.75) is 40.5 Å². The fourth-order valence-electron chi connectivity index (χ4n) is 1.86. The van der Waals surface area contributed by atoms with E-state index in [1.54, 1.807) is 4.90 Å². The molecule has 0 radical (unpaired) electrons. The highest BCUT2D eigenvalue weighted by atomic mass is 16.5. The number of carbonyl (C=O) groups is 1. The Morgan fingerprint density at radius 2 is 1.79 bits per heavy atom. The molecule has 0 saturated carbocycles. The minimum absolute atomic E-state index is 0.0334. The molecule has 0 unspecified atom stereocenters. The molecule has 0 aromatic heterocycles. The van der Waals surface area contributed by atoms with Crippen LogP contribution in [-0.2, 0) is 4.79 Å². The largest absolute Gasteiger partial charge is 0.483 e. The summed E-state index contributed by atoms with van der Waals surface area (Å²) in [5, 5.41) is 0. The fraction of sp³-hybridized carbons (Fsp3) is 0.562. The summed E-state index contributed by atoms with van der Waals surface area (Å²) in [6.45, 7) is 9.17. The Bertz CT molecular complexity index is 441. The number of benzene rings is 1. The molecule has 0 aliphatic rings. The van der Waals surface area contributed by atoms with Crippen LogP contribution in [0, 0.1) is 20.8 Å². The smallest absolute Gasteiger partial charge is 0.260 e. The van der Waals surface area contributed by atoms with Gasteiger partial charge in [-0.3, -0.25) is 4.79 Å². The van der Waals surface area contributed by atoms with Crippen LogP contribution < -0.4 is 4.74 Å². The molecule has 106 valence electrons. The van der Waals surface area contributed by atoms with Crippen molar-refractivity contribution in [2.24, 2.45) is 0 Å². The molecule has 0 aliphatic heterocycles. The van der Waals surface area contributed by atoms with E-state index in [0.29, 0.717) is 0 Å². The molecular formula is C16H25NO2. The zero-order valence-electron chi connectivity index (χ0n) is 12.7. The van der Waals surface area contributed by atoms with E-state index in [2.05, 4.69) is 26.8 Å². The van der Waals surface area contributed by atoms with Crippen molar-refractivity contribution >= 4 is 5.91 Å². The second-order valence-corrected chi connectivity index (χ2v) is 5.16. The Morgan fingerprint density at radius 1 is 1.16 bits per heavy atom. The third-order valence-corrected chi connectivity index (χ3v) is 3.42. The van der Waals surface area contributed by atoms with Gasteiger partial charge in [0, 0.05) is 13.6 Å². The predicted octanol–water partition coefficient (Wildman–Crippen LogP) is 3.25. The lowest BCUT2D eigenvalue weighted by molar-refractivity contribution is -0.132. The number of nitrogens with zero attached hydrogens (tertiary/aromatic N) is 1. The number of likely N-dealkylation sites (N-methyl/N-ethyl adjacent to an activating group) is 1. The number of rotatable bonds is 6. The third kappa shape index (κ3) is 4.58. The molecular weight excluding hydrogens is 238 g/mol. The average Bonchev–Trinajstić information content (AvgIpc) is 2.38. The van der Waals surface area contributed by atoms with Gasteiger partial charge in [0.05, 0.1) is 0 Å². The van der Waals surface area contributed by atoms with Crippen molar-refractivity contribution in [2.75, 3.05) is 20.2 Å². The highest BCUT2D eigenvalue weighted by Gasteiger charge is 2.10. The summed E-state index contributed by atoms with van der Waals surface area (Å²) in [6.07, 6.45) is 2.12. The van der Waals surface area contributed by atoms with E-state index in [-0.39, 0.29) is 12.5 Å². The summed E-state index contributed by atoms with van der Waals surface area (Å²) in [6, 6.07) is 4.10. The van der Waals surface area contributed by atoms with Gasteiger partial charge in [-0.15, -0.1) is 0 Å². The molecule has 3 nitrogen and oxygen atoms in total. The number of unbranched alkanes of at least 4 members (excludes halogenated alkanes) is 1. The van der Waals surface area contributed by atoms with Gasteiger partial charge in [0.25, 0.3) is 5.91 Å². The molecule has 0 spiro atoms. The molecule has 1 amide bonds. The van der Waals surface area contributed by atoms with E-state index in [1.165, 1.54) is 11.1 Å². The maximum Gasteiger partial charge on any atom is 0.260 e. The SMILES string of the molecule is CCCCN(C)C(=O)COc1cc(C)c(C)cc1C. The Labute approximate surface area is 116 Å². The molecule has 0 atom stereocenters. The van der Waals surface area contributed by atoms with Crippen LogP contribution in [0.1, 0.15) is 36.5 Å². The van der Waals surface area contributed by atoms with Gasteiger partial charge in [-0.1, -0.05) is 19.4 Å². The molecule has 1 aromatic carbocycles. The Balaban J connectivity index is 2.57. The van der Waals surface area contributed by atoms with Gasteiger partial charge in [-0.2, -0.15) is 0 Å². The van der Waals surface area contributed by atoms with Gasteiger partial charge in [0.1, 0.15) is 5.75 Å². The van der Waals surface area contributed by atoms with E-state index >= 15 is 0 Å². The lowest BCUT2D eigenvalue weighted by atomic mass is 10.1. The van der Waals surface area contributed by atoms with E-state index in [4.69, 9.17) is 4.74 Å². The summed E-state index contributed by atoms with van der Waals surface area (Å²) < 4.78 is 5.64. The third-order valence-electron chi connectivity index (χ3n) is 3.42. The van der Waals surface area contributed by atoms with Crippen molar-refractivity contribution in [1.29, 1.82) is 0 Å². The first-order valence-corrected chi connectivity index (χ1v) is 6.90. The molecule has 0 saturated heterocycles. The van der Waals surface area contributed by atoms with Gasteiger partial charge >= 0.3 is 0 Å². The summed E-state index contributed by atoms with van der Waals surface area (Å²) in [5.74, 6) is 0.839. The minimum Gasteiger partial charge on any atom is -0.483 e. The second-order valence-electron chi connectivity index (χ2n) is 5.16. The van der Waals surface area contributed by atoms with Crippen LogP contribution in [0.2, 0.25) is 0 Å². The molecule has 1 aromatic rings. The zero-order chi connectivity index (χ0) is 14.4. The monoisotopic (exact) mass is 263 g/mol. The maximum atomic E-state index is 11.9. The highest BCUT2D eigenvalue weighted by Crippen LogP contribution is 2.22. The zero-order valence-corrected chi connectivity index (χ0v) is 12.7. The summed E-state index contributed by atoms with van der Waals surface area (Å²) in [7, 11) is 1.83. The Kier molecular flexibility index (Phi) is 5.87. The number of ether oxygens (including phenoxy) is 1. The Hall–Kier alpha value is -1.51. The minimum atomic E-state index is 0.0334. The number of carbonyl (C=O) groups excluding carboxylic acids is 1. The first-order valence-electron chi connectivity index (χ1n) is 6.90. The molecule has 0 fully saturated rings. The molecule has 0 bridgehead atoms. The number of amides is 1. The van der Waals surface area contributed by atoms with E-state index in [0.717, 1.165) is 30.7 Å². The summed E-state index contributed by atoms with van der Waals surface area (Å²) in [5.41, 5.74) is 3.51. The van der Waals surface area contributed by atoms with Gasteiger partial charge in [-0.25, -0.2) is 0 Å². The topological polar surface area (TPSA) is 29.5 Å². The molecule has 3 heteroatoms. The fourth-order valence-corrected chi connectivity index (χ4v) is 1.86. The highest BCUT2D eigenvalue weighted by molar-refractivity contribution is 5.77. The van der Waals surface area contributed by atoms with Gasteiger partial charge in [-0.05, 0) is 49.9 Å². The van der Waals surface area contributed by atoms with Crippen LogP contribution in [0.4, 0.5) is 0 Å². The first-order chi connectivity index (χ1) is 8.95. The van der Waals surface area contributed by atoms with Crippen LogP contribution in [-0.4, -0.2) is 31.0 Å². The Morgan fingerprint density at radius 3 is 2.42 bits per heavy atom. The molecule has 0 heterocycles. The number of aryl methyl sites for hydroxylation is 3. The quantitative estimate of drug-likeness (QED) is 0.788. The van der Waals surface area contributed by atoms with Crippen LogP contribution in [0.15, 0.2) is 12.1 Å². The second kappa shape index (κ2) is 7.17. The van der Waals surface area contributed by atoms with Crippen molar-refractivity contribution < 1.29 is 9.53 Å². The number of hydrogen-bond acceptors (Lipinski definition) is 2. The lowest BCUT2D eigenvalue weighted by Gasteiger charge is -2.18. The lowest BCUT2D eigenvalue weighted by Crippen LogP contribution is -2.32. The first kappa shape index (κ1) is 15.5. The molecule has 0 N–H and O–H groups in total. The standard InChI is InChI=1S/C16H25NO2/c1-6-7-8-17(5)16(18)11-19-15-10-13(3)12(2)9-14(15)4/h9-10H,6-8,11H2,1-5H3. The number of hydrogen-bond donors (Lipinski definition) is 0. The molecule has 0 aliphatic carbocycles. The van der Waals surface area contributed by atoms with Gasteiger partial charge in [0.15, 0.2) is 6.61 Å². The predicted molar refractivity (Wildman–Crippen MR) is 78.7 cm³/mol. The van der Waals surface area contributed by atoms with Crippen LogP contribution in [0.3, 0.4) is 0 Å². The van der Waals surface area contributed by atoms with Crippen molar-refractivity contribution in [3.63, 3.8) is 0 Å². The molecule has 1 rings (SSSR count). The van der Waals surface area contributed by atoms with Crippen LogP contribution in [0.5, 0.6) is 5.75 Å². The normalized spacial score (nSPS) is 10.4. The summed E-state index contributed by atoms with van der Waals surface area (Å²) in [4.78, 5) is 13.6. The van der Waals surface area contributed by atoms with Crippen molar-refractivity contribution in [3.8, 4) is 5.75 Å². The van der Waals surface area contributed by atoms with Gasteiger partial charge in [0.2, 0.25) is 0 Å². The van der Waals surface area contributed by atoms with Crippen molar-refractivity contribution in [1.82, 2.24) is 4.90 Å². The van der Waals surface area contributed by atoms with E-state index in [9.17, 15) is 4.79 Å². The van der Waals surface area contributed by atoms with Crippen molar-refractivity contribution in [3.05, 3.63) is 28.8 Å². The molecule has 19 heavy (non-hydrogen) atoms. The van der Waals surface area contributed by atoms with Gasteiger partial charge < -0.3 is 9.64 Å². The average molecular weight is 263 g/mol. The van der Waals surface area contributed by atoms with Crippen LogP contribution in [0.25, 0.3) is 0 Å². The maximum absolute atomic E-state index is 11.9. The van der Waals surface area contributed by atoms with E-state index < -0.39 is 0 Å².